The zero-order valence-corrected chi connectivity index (χ0v) is 16.9. The minimum absolute atomic E-state index is 0.199. The molecule has 1 heteroatoms. The topological polar surface area (TPSA) is 9.23 Å². The van der Waals surface area contributed by atoms with Crippen molar-refractivity contribution < 1.29 is 4.74 Å². The van der Waals surface area contributed by atoms with Crippen LogP contribution in [0.3, 0.4) is 0 Å². The van der Waals surface area contributed by atoms with Gasteiger partial charge in [0.1, 0.15) is 0 Å². The SMILES string of the molecule is CC1(C)C2CC3CC(C2)CC1(OC12CC4CC(CC(C4)C1(C)C)C2)C3. The molecule has 4 atom stereocenters. The molecule has 25 heavy (non-hydrogen) atoms. The molecule has 8 saturated carbocycles. The highest BCUT2D eigenvalue weighted by Crippen LogP contribution is 2.71. The Bertz CT molecular complexity index is 521. The molecule has 8 aliphatic rings. The van der Waals surface area contributed by atoms with Gasteiger partial charge in [-0.2, -0.15) is 0 Å². The molecular formula is C24H38O. The van der Waals surface area contributed by atoms with Crippen LogP contribution in [-0.2, 0) is 4.74 Å². The van der Waals surface area contributed by atoms with Crippen LogP contribution in [0.15, 0.2) is 0 Å². The maximum absolute atomic E-state index is 7.68. The van der Waals surface area contributed by atoms with Crippen LogP contribution >= 0.6 is 0 Å². The van der Waals surface area contributed by atoms with E-state index in [1.54, 1.807) is 0 Å². The molecule has 4 unspecified atom stereocenters. The summed E-state index contributed by atoms with van der Waals surface area (Å²) in [5.74, 6) is 5.75. The Balaban J connectivity index is 1.42. The Morgan fingerprint density at radius 2 is 0.840 bits per heavy atom. The van der Waals surface area contributed by atoms with Gasteiger partial charge in [0.15, 0.2) is 0 Å². The van der Waals surface area contributed by atoms with Crippen molar-refractivity contribution in [3.8, 4) is 0 Å². The molecule has 8 rings (SSSR count). The van der Waals surface area contributed by atoms with Crippen molar-refractivity contribution in [2.24, 2.45) is 46.3 Å². The van der Waals surface area contributed by atoms with Gasteiger partial charge in [0.25, 0.3) is 0 Å². The van der Waals surface area contributed by atoms with Crippen molar-refractivity contribution in [1.82, 2.24) is 0 Å². The Kier molecular flexibility index (Phi) is 2.88. The summed E-state index contributed by atoms with van der Waals surface area (Å²) >= 11 is 0. The molecular weight excluding hydrogens is 304 g/mol. The van der Waals surface area contributed by atoms with Gasteiger partial charge in [0, 0.05) is 0 Å². The molecule has 140 valence electrons. The quantitative estimate of drug-likeness (QED) is 0.579. The van der Waals surface area contributed by atoms with Crippen molar-refractivity contribution in [1.29, 1.82) is 0 Å². The van der Waals surface area contributed by atoms with Crippen LogP contribution in [-0.4, -0.2) is 11.2 Å². The average Bonchev–Trinajstić information content (AvgIpc) is 2.50. The van der Waals surface area contributed by atoms with Gasteiger partial charge in [-0.05, 0) is 111 Å². The maximum atomic E-state index is 7.68. The van der Waals surface area contributed by atoms with E-state index in [2.05, 4.69) is 27.7 Å². The second-order valence-electron chi connectivity index (χ2n) is 12.6. The summed E-state index contributed by atoms with van der Waals surface area (Å²) in [6.45, 7) is 10.3. The van der Waals surface area contributed by atoms with E-state index in [1.807, 2.05) is 0 Å². The molecule has 8 aliphatic carbocycles. The molecule has 0 saturated heterocycles. The Hall–Kier alpha value is -0.0400. The predicted octanol–water partition coefficient (Wildman–Crippen LogP) is 6.21. The normalized spacial score (nSPS) is 59.5. The van der Waals surface area contributed by atoms with Crippen molar-refractivity contribution in [3.05, 3.63) is 0 Å². The molecule has 0 radical (unpaired) electrons. The lowest BCUT2D eigenvalue weighted by Crippen LogP contribution is -2.71. The van der Waals surface area contributed by atoms with Crippen LogP contribution < -0.4 is 0 Å². The molecule has 0 amide bonds. The van der Waals surface area contributed by atoms with Gasteiger partial charge < -0.3 is 4.74 Å². The fourth-order valence-corrected chi connectivity index (χ4v) is 9.61. The van der Waals surface area contributed by atoms with Gasteiger partial charge in [-0.1, -0.05) is 27.7 Å². The third-order valence-corrected chi connectivity index (χ3v) is 11.1. The number of hydrogen-bond acceptors (Lipinski definition) is 1. The Morgan fingerprint density at radius 1 is 0.520 bits per heavy atom. The van der Waals surface area contributed by atoms with Gasteiger partial charge in [0.05, 0.1) is 11.2 Å². The largest absolute Gasteiger partial charge is 0.367 e. The molecule has 0 aromatic heterocycles. The summed E-state index contributed by atoms with van der Waals surface area (Å²) < 4.78 is 7.68. The standard InChI is InChI=1S/C24H38O/c1-21(2)19-7-15-5-16(8-19)12-23(21,11-15)25-24-13-17-6-18(14-24)10-20(9-17)22(24,3)4/h15-20H,5-14H2,1-4H3. The van der Waals surface area contributed by atoms with Crippen molar-refractivity contribution in [2.75, 3.05) is 0 Å². The third kappa shape index (κ3) is 1.81. The van der Waals surface area contributed by atoms with E-state index in [9.17, 15) is 0 Å². The highest BCUT2D eigenvalue weighted by atomic mass is 16.5. The molecule has 0 aromatic rings. The summed E-state index contributed by atoms with van der Waals surface area (Å²) in [6, 6.07) is 0. The first kappa shape index (κ1) is 16.0. The van der Waals surface area contributed by atoms with E-state index < -0.39 is 0 Å². The lowest BCUT2D eigenvalue weighted by Gasteiger charge is -2.72. The molecule has 0 aromatic carbocycles. The van der Waals surface area contributed by atoms with Crippen LogP contribution in [0.2, 0.25) is 0 Å². The summed E-state index contributed by atoms with van der Waals surface area (Å²) in [6.07, 6.45) is 14.5. The summed E-state index contributed by atoms with van der Waals surface area (Å²) in [5.41, 5.74) is 1.18. The summed E-state index contributed by atoms with van der Waals surface area (Å²) in [5, 5.41) is 0. The summed E-state index contributed by atoms with van der Waals surface area (Å²) in [7, 11) is 0. The second kappa shape index (κ2) is 4.50. The first-order valence-corrected chi connectivity index (χ1v) is 11.4. The van der Waals surface area contributed by atoms with E-state index >= 15 is 0 Å². The maximum Gasteiger partial charge on any atom is 0.0748 e. The van der Waals surface area contributed by atoms with Crippen molar-refractivity contribution in [3.63, 3.8) is 0 Å². The fraction of sp³-hybridized carbons (Fsp3) is 1.00. The monoisotopic (exact) mass is 342 g/mol. The zero-order valence-electron chi connectivity index (χ0n) is 16.9. The van der Waals surface area contributed by atoms with E-state index in [0.717, 1.165) is 35.5 Å². The lowest BCUT2D eigenvalue weighted by molar-refractivity contribution is -0.342. The average molecular weight is 343 g/mol. The van der Waals surface area contributed by atoms with Crippen LogP contribution in [0.4, 0.5) is 0 Å². The van der Waals surface area contributed by atoms with Crippen LogP contribution in [0.5, 0.6) is 0 Å². The van der Waals surface area contributed by atoms with E-state index in [1.165, 1.54) is 64.2 Å². The molecule has 8 fully saturated rings. The second-order valence-corrected chi connectivity index (χ2v) is 12.6. The fourth-order valence-electron chi connectivity index (χ4n) is 9.61. The molecule has 0 spiro atoms. The lowest BCUT2D eigenvalue weighted by atomic mass is 9.42. The van der Waals surface area contributed by atoms with Crippen molar-refractivity contribution in [2.45, 2.75) is 103 Å². The molecule has 8 bridgehead atoms. The van der Waals surface area contributed by atoms with Gasteiger partial charge in [-0.25, -0.2) is 0 Å². The van der Waals surface area contributed by atoms with Crippen LogP contribution in [0.1, 0.15) is 91.9 Å². The molecule has 0 N–H and O–H groups in total. The number of ether oxygens (including phenoxy) is 1. The van der Waals surface area contributed by atoms with Gasteiger partial charge in [0.2, 0.25) is 0 Å². The molecule has 0 heterocycles. The number of rotatable bonds is 2. The first-order valence-electron chi connectivity index (χ1n) is 11.4. The zero-order chi connectivity index (χ0) is 17.2. The minimum Gasteiger partial charge on any atom is -0.367 e. The minimum atomic E-state index is 0.199. The highest BCUT2D eigenvalue weighted by molar-refractivity contribution is 5.18. The first-order chi connectivity index (χ1) is 11.7. The van der Waals surface area contributed by atoms with Gasteiger partial charge in [-0.15, -0.1) is 0 Å². The molecule has 1 nitrogen and oxygen atoms in total. The van der Waals surface area contributed by atoms with E-state index in [4.69, 9.17) is 4.74 Å². The molecule has 0 aliphatic heterocycles. The van der Waals surface area contributed by atoms with Crippen molar-refractivity contribution >= 4 is 0 Å². The van der Waals surface area contributed by atoms with Gasteiger partial charge in [-0.3, -0.25) is 0 Å². The third-order valence-electron chi connectivity index (χ3n) is 11.1. The van der Waals surface area contributed by atoms with E-state index in [-0.39, 0.29) is 11.2 Å². The Morgan fingerprint density at radius 3 is 1.16 bits per heavy atom. The smallest absolute Gasteiger partial charge is 0.0748 e. The van der Waals surface area contributed by atoms with Crippen LogP contribution in [0, 0.1) is 46.3 Å². The highest BCUT2D eigenvalue weighted by Gasteiger charge is 2.69. The van der Waals surface area contributed by atoms with Gasteiger partial charge >= 0.3 is 0 Å². The van der Waals surface area contributed by atoms with E-state index in [0.29, 0.717) is 10.8 Å². The summed E-state index contributed by atoms with van der Waals surface area (Å²) in [4.78, 5) is 0. The van der Waals surface area contributed by atoms with Crippen LogP contribution in [0.25, 0.3) is 0 Å². The number of hydrogen-bond donors (Lipinski definition) is 0. The predicted molar refractivity (Wildman–Crippen MR) is 101 cm³/mol. The Labute approximate surface area is 154 Å².